The normalized spacial score (nSPS) is 20.9. The quantitative estimate of drug-likeness (QED) is 0.404. The third-order valence-electron chi connectivity index (χ3n) is 6.00. The number of amides is 4. The van der Waals surface area contributed by atoms with Crippen LogP contribution in [0.2, 0.25) is 5.02 Å². The van der Waals surface area contributed by atoms with Gasteiger partial charge < -0.3 is 25.6 Å². The number of hydrogen-bond donors (Lipinski definition) is 3. The molecule has 10 nitrogen and oxygen atoms in total. The number of rotatable bonds is 6. The van der Waals surface area contributed by atoms with Gasteiger partial charge in [0.2, 0.25) is 0 Å². The second-order valence-electron chi connectivity index (χ2n) is 8.51. The van der Waals surface area contributed by atoms with Crippen molar-refractivity contribution >= 4 is 35.4 Å². The van der Waals surface area contributed by atoms with Crippen molar-refractivity contribution in [3.05, 3.63) is 46.1 Å². The highest BCUT2D eigenvalue weighted by Gasteiger charge is 2.35. The molecule has 182 valence electrons. The second-order valence-corrected chi connectivity index (χ2v) is 8.95. The number of esters is 1. The lowest BCUT2D eigenvalue weighted by Crippen LogP contribution is -2.54. The molecule has 1 saturated heterocycles. The van der Waals surface area contributed by atoms with Crippen LogP contribution in [-0.4, -0.2) is 79.0 Å². The van der Waals surface area contributed by atoms with Gasteiger partial charge in [0.1, 0.15) is 0 Å². The molecule has 1 aromatic rings. The van der Waals surface area contributed by atoms with E-state index in [2.05, 4.69) is 16.0 Å². The number of urea groups is 1. The van der Waals surface area contributed by atoms with Crippen LogP contribution in [0.3, 0.4) is 0 Å². The Balaban J connectivity index is 1.48. The molecule has 1 aliphatic carbocycles. The first-order valence-corrected chi connectivity index (χ1v) is 11.8. The van der Waals surface area contributed by atoms with Crippen molar-refractivity contribution in [1.29, 1.82) is 0 Å². The molecule has 2 aliphatic heterocycles. The largest absolute Gasteiger partial charge is 0.463 e. The molecular weight excluding hydrogens is 462 g/mol. The van der Waals surface area contributed by atoms with Crippen molar-refractivity contribution in [2.24, 2.45) is 0 Å². The molecule has 0 radical (unpaired) electrons. The lowest BCUT2D eigenvalue weighted by atomic mass is 9.95. The number of halogens is 1. The van der Waals surface area contributed by atoms with E-state index in [1.807, 2.05) is 4.90 Å². The standard InChI is InChI=1S/C23H28ClN5O5/c1-2-34-22(32)18-17(26-23(33)27-19(18)14-3-5-15(24)6-4-14)13-28-9-11-29(12-10-28)21(31)20(30)25-16-7-8-16/h3-6,16,19H,2,7-13H2,1H3,(H,25,30)(H2,26,27,33). The summed E-state index contributed by atoms with van der Waals surface area (Å²) < 4.78 is 5.29. The summed E-state index contributed by atoms with van der Waals surface area (Å²) in [5.41, 5.74) is 1.48. The Labute approximate surface area is 202 Å². The van der Waals surface area contributed by atoms with E-state index in [9.17, 15) is 19.2 Å². The zero-order valence-electron chi connectivity index (χ0n) is 18.9. The van der Waals surface area contributed by atoms with E-state index in [1.165, 1.54) is 4.90 Å². The minimum absolute atomic E-state index is 0.128. The van der Waals surface area contributed by atoms with Crippen molar-refractivity contribution in [2.75, 3.05) is 39.3 Å². The molecule has 0 aromatic heterocycles. The van der Waals surface area contributed by atoms with Gasteiger partial charge in [-0.25, -0.2) is 9.59 Å². The minimum atomic E-state index is -0.686. The number of piperazine rings is 1. The molecule has 4 amide bonds. The van der Waals surface area contributed by atoms with E-state index < -0.39 is 29.9 Å². The zero-order chi connectivity index (χ0) is 24.2. The van der Waals surface area contributed by atoms with E-state index in [-0.39, 0.29) is 12.6 Å². The van der Waals surface area contributed by atoms with Gasteiger partial charge in [0, 0.05) is 49.5 Å². The van der Waals surface area contributed by atoms with Crippen LogP contribution < -0.4 is 16.0 Å². The Morgan fingerprint density at radius 1 is 1.12 bits per heavy atom. The highest BCUT2D eigenvalue weighted by Crippen LogP contribution is 2.29. The van der Waals surface area contributed by atoms with Crippen LogP contribution >= 0.6 is 11.6 Å². The molecule has 3 aliphatic rings. The number of carbonyl (C=O) groups excluding carboxylic acids is 4. The lowest BCUT2D eigenvalue weighted by molar-refractivity contribution is -0.147. The zero-order valence-corrected chi connectivity index (χ0v) is 19.7. The smallest absolute Gasteiger partial charge is 0.338 e. The third-order valence-corrected chi connectivity index (χ3v) is 6.25. The Morgan fingerprint density at radius 3 is 2.41 bits per heavy atom. The van der Waals surface area contributed by atoms with Crippen LogP contribution in [-0.2, 0) is 19.1 Å². The van der Waals surface area contributed by atoms with Gasteiger partial charge in [-0.3, -0.25) is 14.5 Å². The van der Waals surface area contributed by atoms with E-state index in [4.69, 9.17) is 16.3 Å². The van der Waals surface area contributed by atoms with Gasteiger partial charge in [-0.15, -0.1) is 0 Å². The monoisotopic (exact) mass is 489 g/mol. The Morgan fingerprint density at radius 2 is 1.79 bits per heavy atom. The Hall–Kier alpha value is -3.11. The first-order valence-electron chi connectivity index (χ1n) is 11.4. The van der Waals surface area contributed by atoms with Gasteiger partial charge in [-0.1, -0.05) is 23.7 Å². The highest BCUT2D eigenvalue weighted by atomic mass is 35.5. The molecule has 1 saturated carbocycles. The summed E-state index contributed by atoms with van der Waals surface area (Å²) in [5, 5.41) is 8.82. The fourth-order valence-electron chi connectivity index (χ4n) is 4.05. The molecule has 2 heterocycles. The number of nitrogens with one attached hydrogen (secondary N) is 3. The summed E-state index contributed by atoms with van der Waals surface area (Å²) in [7, 11) is 0. The lowest BCUT2D eigenvalue weighted by Gasteiger charge is -2.36. The van der Waals surface area contributed by atoms with Crippen LogP contribution in [0.4, 0.5) is 4.79 Å². The summed E-state index contributed by atoms with van der Waals surface area (Å²) in [6.45, 7) is 3.97. The van der Waals surface area contributed by atoms with E-state index in [0.717, 1.165) is 12.8 Å². The summed E-state index contributed by atoms with van der Waals surface area (Å²) in [5.74, 6) is -1.59. The third kappa shape index (κ3) is 5.68. The molecule has 4 rings (SSSR count). The number of hydrogen-bond acceptors (Lipinski definition) is 6. The van der Waals surface area contributed by atoms with Gasteiger partial charge in [-0.05, 0) is 37.5 Å². The summed E-state index contributed by atoms with van der Waals surface area (Å²) in [6, 6.07) is 5.93. The Kier molecular flexibility index (Phi) is 7.38. The van der Waals surface area contributed by atoms with Crippen LogP contribution in [0.25, 0.3) is 0 Å². The molecule has 11 heteroatoms. The van der Waals surface area contributed by atoms with Crippen molar-refractivity contribution in [3.8, 4) is 0 Å². The molecule has 1 atom stereocenters. The molecular formula is C23H28ClN5O5. The van der Waals surface area contributed by atoms with Gasteiger partial charge in [-0.2, -0.15) is 0 Å². The summed E-state index contributed by atoms with van der Waals surface area (Å²) in [6.07, 6.45) is 1.84. The van der Waals surface area contributed by atoms with E-state index >= 15 is 0 Å². The average molecular weight is 490 g/mol. The van der Waals surface area contributed by atoms with Gasteiger partial charge in [0.15, 0.2) is 0 Å². The van der Waals surface area contributed by atoms with Gasteiger partial charge >= 0.3 is 23.8 Å². The average Bonchev–Trinajstić information content (AvgIpc) is 3.63. The molecule has 0 bridgehead atoms. The SMILES string of the molecule is CCOC(=O)C1=C(CN2CCN(C(=O)C(=O)NC3CC3)CC2)NC(=O)NC1c1ccc(Cl)cc1. The number of carbonyl (C=O) groups is 4. The number of nitrogens with zero attached hydrogens (tertiary/aromatic N) is 2. The van der Waals surface area contributed by atoms with Crippen LogP contribution in [0.1, 0.15) is 31.4 Å². The van der Waals surface area contributed by atoms with Gasteiger partial charge in [0.05, 0.1) is 18.2 Å². The van der Waals surface area contributed by atoms with Crippen molar-refractivity contribution in [3.63, 3.8) is 0 Å². The highest BCUT2D eigenvalue weighted by molar-refractivity contribution is 6.35. The van der Waals surface area contributed by atoms with E-state index in [1.54, 1.807) is 31.2 Å². The first kappa shape index (κ1) is 24.0. The minimum Gasteiger partial charge on any atom is -0.463 e. The maximum atomic E-state index is 12.9. The predicted octanol–water partition coefficient (Wildman–Crippen LogP) is 0.934. The van der Waals surface area contributed by atoms with Crippen molar-refractivity contribution < 1.29 is 23.9 Å². The molecule has 34 heavy (non-hydrogen) atoms. The van der Waals surface area contributed by atoms with Crippen LogP contribution in [0, 0.1) is 0 Å². The predicted molar refractivity (Wildman–Crippen MR) is 124 cm³/mol. The van der Waals surface area contributed by atoms with Crippen LogP contribution in [0.15, 0.2) is 35.5 Å². The number of benzene rings is 1. The fraction of sp³-hybridized carbons (Fsp3) is 0.478. The van der Waals surface area contributed by atoms with Crippen molar-refractivity contribution in [2.45, 2.75) is 31.8 Å². The molecule has 1 unspecified atom stereocenters. The second kappa shape index (κ2) is 10.4. The molecule has 2 fully saturated rings. The summed E-state index contributed by atoms with van der Waals surface area (Å²) in [4.78, 5) is 53.4. The molecule has 1 aromatic carbocycles. The van der Waals surface area contributed by atoms with Crippen LogP contribution in [0.5, 0.6) is 0 Å². The molecule has 0 spiro atoms. The maximum Gasteiger partial charge on any atom is 0.338 e. The number of ether oxygens (including phenoxy) is 1. The van der Waals surface area contributed by atoms with Gasteiger partial charge in [0.25, 0.3) is 0 Å². The van der Waals surface area contributed by atoms with E-state index in [0.29, 0.717) is 54.6 Å². The topological polar surface area (TPSA) is 120 Å². The molecule has 3 N–H and O–H groups in total. The Bertz CT molecular complexity index is 1000. The maximum absolute atomic E-state index is 12.9. The van der Waals surface area contributed by atoms with Crippen molar-refractivity contribution in [1.82, 2.24) is 25.8 Å². The summed E-state index contributed by atoms with van der Waals surface area (Å²) >= 11 is 6.00. The fourth-order valence-corrected chi connectivity index (χ4v) is 4.17. The first-order chi connectivity index (χ1) is 16.4.